The van der Waals surface area contributed by atoms with Crippen LogP contribution in [0.2, 0.25) is 0 Å². The average Bonchev–Trinajstić information content (AvgIpc) is 3.32. The third kappa shape index (κ3) is 3.94. The summed E-state index contributed by atoms with van der Waals surface area (Å²) in [7, 11) is 4.82. The molecule has 3 rings (SSSR count). The fourth-order valence-corrected chi connectivity index (χ4v) is 2.60. The summed E-state index contributed by atoms with van der Waals surface area (Å²) in [4.78, 5) is 16.7. The number of nitrogens with one attached hydrogen (secondary N) is 1. The number of anilines is 1. The average molecular weight is 380 g/mol. The van der Waals surface area contributed by atoms with Gasteiger partial charge in [-0.1, -0.05) is 5.92 Å². The summed E-state index contributed by atoms with van der Waals surface area (Å²) < 4.78 is 17.0. The van der Waals surface area contributed by atoms with Gasteiger partial charge in [-0.25, -0.2) is 4.98 Å². The standard InChI is InChI=1S/C20H20N4O4/c1-24-17(7-5-13-4-6-15(26-2)16(10-13)27-3)23-19(21)18(24)20(25)22-11-14-8-9-28-12-14/h4,6,8-10,12H,11,21H2,1-3H3,(H,22,25). The molecule has 0 spiro atoms. The molecular formula is C20H20N4O4. The van der Waals surface area contributed by atoms with E-state index in [9.17, 15) is 4.79 Å². The third-order valence-corrected chi connectivity index (χ3v) is 4.07. The highest BCUT2D eigenvalue weighted by Gasteiger charge is 2.18. The van der Waals surface area contributed by atoms with Gasteiger partial charge in [0.05, 0.1) is 26.7 Å². The highest BCUT2D eigenvalue weighted by Crippen LogP contribution is 2.27. The van der Waals surface area contributed by atoms with Crippen LogP contribution in [-0.2, 0) is 13.6 Å². The van der Waals surface area contributed by atoms with Crippen LogP contribution in [0, 0.1) is 11.8 Å². The molecule has 0 fully saturated rings. The third-order valence-electron chi connectivity index (χ3n) is 4.07. The summed E-state index contributed by atoms with van der Waals surface area (Å²) in [6.07, 6.45) is 3.11. The summed E-state index contributed by atoms with van der Waals surface area (Å²) in [6.45, 7) is 0.326. The molecule has 8 nitrogen and oxygen atoms in total. The molecule has 0 saturated carbocycles. The molecule has 1 aromatic carbocycles. The Morgan fingerprint density at radius 3 is 2.71 bits per heavy atom. The van der Waals surface area contributed by atoms with Crippen LogP contribution < -0.4 is 20.5 Å². The number of rotatable bonds is 5. The number of nitrogens with two attached hydrogens (primary N) is 1. The van der Waals surface area contributed by atoms with Crippen molar-refractivity contribution in [1.29, 1.82) is 0 Å². The molecule has 1 amide bonds. The first-order valence-electron chi connectivity index (χ1n) is 8.39. The van der Waals surface area contributed by atoms with Gasteiger partial charge in [-0.15, -0.1) is 0 Å². The van der Waals surface area contributed by atoms with Crippen LogP contribution in [-0.4, -0.2) is 29.7 Å². The van der Waals surface area contributed by atoms with E-state index in [1.165, 1.54) is 0 Å². The van der Waals surface area contributed by atoms with Crippen molar-refractivity contribution in [3.63, 3.8) is 0 Å². The summed E-state index contributed by atoms with van der Waals surface area (Å²) >= 11 is 0. The van der Waals surface area contributed by atoms with Gasteiger partial charge in [0.1, 0.15) is 0 Å². The predicted molar refractivity (Wildman–Crippen MR) is 103 cm³/mol. The minimum atomic E-state index is -0.340. The lowest BCUT2D eigenvalue weighted by molar-refractivity contribution is 0.0943. The van der Waals surface area contributed by atoms with Crippen LogP contribution in [0.4, 0.5) is 5.82 Å². The zero-order valence-electron chi connectivity index (χ0n) is 15.8. The Balaban J connectivity index is 1.81. The van der Waals surface area contributed by atoms with Crippen molar-refractivity contribution in [2.45, 2.75) is 6.54 Å². The Labute approximate surface area is 162 Å². The molecule has 0 radical (unpaired) electrons. The van der Waals surface area contributed by atoms with E-state index in [-0.39, 0.29) is 17.4 Å². The number of hydrogen-bond acceptors (Lipinski definition) is 6. The van der Waals surface area contributed by atoms with Crippen LogP contribution >= 0.6 is 0 Å². The molecule has 0 aliphatic heterocycles. The molecule has 0 atom stereocenters. The van der Waals surface area contributed by atoms with Gasteiger partial charge in [-0.2, -0.15) is 0 Å². The smallest absolute Gasteiger partial charge is 0.272 e. The van der Waals surface area contributed by atoms with Crippen molar-refractivity contribution in [1.82, 2.24) is 14.9 Å². The van der Waals surface area contributed by atoms with E-state index in [1.54, 1.807) is 62.6 Å². The minimum absolute atomic E-state index is 0.115. The highest BCUT2D eigenvalue weighted by atomic mass is 16.5. The number of carbonyl (C=O) groups is 1. The zero-order chi connectivity index (χ0) is 20.1. The Bertz CT molecular complexity index is 1040. The fourth-order valence-electron chi connectivity index (χ4n) is 2.60. The Hall–Kier alpha value is -3.86. The number of benzene rings is 1. The molecule has 8 heteroatoms. The normalized spacial score (nSPS) is 10.1. The van der Waals surface area contributed by atoms with E-state index in [0.29, 0.717) is 29.4 Å². The van der Waals surface area contributed by atoms with Crippen molar-refractivity contribution >= 4 is 11.7 Å². The summed E-state index contributed by atoms with van der Waals surface area (Å²) in [6, 6.07) is 7.10. The van der Waals surface area contributed by atoms with E-state index in [1.807, 2.05) is 0 Å². The lowest BCUT2D eigenvalue weighted by atomic mass is 10.2. The van der Waals surface area contributed by atoms with Gasteiger partial charge < -0.3 is 29.5 Å². The molecule has 144 valence electrons. The number of imidazole rings is 1. The maximum Gasteiger partial charge on any atom is 0.272 e. The second-order valence-corrected chi connectivity index (χ2v) is 5.86. The maximum absolute atomic E-state index is 12.5. The van der Waals surface area contributed by atoms with Crippen LogP contribution in [0.15, 0.2) is 41.2 Å². The topological polar surface area (TPSA) is 105 Å². The molecule has 28 heavy (non-hydrogen) atoms. The van der Waals surface area contributed by atoms with Crippen LogP contribution in [0.5, 0.6) is 11.5 Å². The van der Waals surface area contributed by atoms with Crippen molar-refractivity contribution in [2.24, 2.45) is 7.05 Å². The molecule has 0 aliphatic carbocycles. The number of aromatic nitrogens is 2. The van der Waals surface area contributed by atoms with Gasteiger partial charge in [-0.3, -0.25) is 4.79 Å². The number of amides is 1. The van der Waals surface area contributed by atoms with E-state index in [4.69, 9.17) is 19.6 Å². The minimum Gasteiger partial charge on any atom is -0.493 e. The number of methoxy groups -OCH3 is 2. The van der Waals surface area contributed by atoms with Gasteiger partial charge in [-0.05, 0) is 30.2 Å². The fraction of sp³-hybridized carbons (Fsp3) is 0.200. The molecule has 0 bridgehead atoms. The Kier molecular flexibility index (Phi) is 5.56. The molecular weight excluding hydrogens is 360 g/mol. The van der Waals surface area contributed by atoms with E-state index in [0.717, 1.165) is 5.56 Å². The molecule has 2 heterocycles. The van der Waals surface area contributed by atoms with Gasteiger partial charge in [0.25, 0.3) is 5.91 Å². The number of nitrogens with zero attached hydrogens (tertiary/aromatic N) is 2. The van der Waals surface area contributed by atoms with E-state index < -0.39 is 0 Å². The summed E-state index contributed by atoms with van der Waals surface area (Å²) in [5, 5.41) is 2.78. The molecule has 3 aromatic rings. The van der Waals surface area contributed by atoms with Crippen molar-refractivity contribution in [3.8, 4) is 23.3 Å². The van der Waals surface area contributed by atoms with Crippen molar-refractivity contribution in [2.75, 3.05) is 20.0 Å². The maximum atomic E-state index is 12.5. The van der Waals surface area contributed by atoms with Gasteiger partial charge >= 0.3 is 0 Å². The Morgan fingerprint density at radius 2 is 2.04 bits per heavy atom. The zero-order valence-corrected chi connectivity index (χ0v) is 15.8. The van der Waals surface area contributed by atoms with Crippen LogP contribution in [0.3, 0.4) is 0 Å². The molecule has 2 aromatic heterocycles. The van der Waals surface area contributed by atoms with Crippen molar-refractivity contribution in [3.05, 3.63) is 59.4 Å². The van der Waals surface area contributed by atoms with Gasteiger partial charge in [0.15, 0.2) is 28.8 Å². The largest absolute Gasteiger partial charge is 0.493 e. The second kappa shape index (κ2) is 8.22. The lowest BCUT2D eigenvalue weighted by Crippen LogP contribution is -2.25. The van der Waals surface area contributed by atoms with Gasteiger partial charge in [0.2, 0.25) is 0 Å². The number of hydrogen-bond donors (Lipinski definition) is 2. The summed E-state index contributed by atoms with van der Waals surface area (Å²) in [5.74, 6) is 7.27. The first-order chi connectivity index (χ1) is 13.5. The van der Waals surface area contributed by atoms with E-state index in [2.05, 4.69) is 22.1 Å². The first-order valence-corrected chi connectivity index (χ1v) is 8.39. The number of ether oxygens (including phenoxy) is 2. The van der Waals surface area contributed by atoms with Crippen molar-refractivity contribution < 1.29 is 18.7 Å². The molecule has 0 saturated heterocycles. The molecule has 0 unspecified atom stereocenters. The predicted octanol–water partition coefficient (Wildman–Crippen LogP) is 1.94. The second-order valence-electron chi connectivity index (χ2n) is 5.86. The monoisotopic (exact) mass is 380 g/mol. The molecule has 0 aliphatic rings. The van der Waals surface area contributed by atoms with Crippen LogP contribution in [0.1, 0.15) is 27.4 Å². The summed E-state index contributed by atoms with van der Waals surface area (Å²) in [5.41, 5.74) is 7.74. The highest BCUT2D eigenvalue weighted by molar-refractivity contribution is 5.97. The SMILES string of the molecule is COc1ccc(C#Cc2nc(N)c(C(=O)NCc3ccoc3)n2C)cc1OC. The number of furan rings is 1. The lowest BCUT2D eigenvalue weighted by Gasteiger charge is -2.06. The quantitative estimate of drug-likeness (QED) is 0.656. The van der Waals surface area contributed by atoms with Gasteiger partial charge in [0, 0.05) is 24.7 Å². The number of nitrogen functional groups attached to an aromatic ring is 1. The van der Waals surface area contributed by atoms with E-state index >= 15 is 0 Å². The number of carbonyl (C=O) groups excluding carboxylic acids is 1. The first kappa shape index (κ1) is 18.9. The molecule has 3 N–H and O–H groups in total. The van der Waals surface area contributed by atoms with Crippen LogP contribution in [0.25, 0.3) is 0 Å². The Morgan fingerprint density at radius 1 is 1.25 bits per heavy atom.